The number of hydrogen-bond donors (Lipinski definition) is 1. The Kier molecular flexibility index (Phi) is 17.2. The van der Waals surface area contributed by atoms with E-state index < -0.39 is 48.0 Å². The Balaban J connectivity index is 1.27. The molecule has 17 nitrogen and oxygen atoms in total. The van der Waals surface area contributed by atoms with Gasteiger partial charge in [-0.3, -0.25) is 5.43 Å². The average Bonchev–Trinajstić information content (AvgIpc) is 3.74. The molecule has 1 N–H and O–H groups in total. The Morgan fingerprint density at radius 3 is 1.62 bits per heavy atom. The van der Waals surface area contributed by atoms with Crippen molar-refractivity contribution in [2.75, 3.05) is 31.9 Å². The summed E-state index contributed by atoms with van der Waals surface area (Å²) in [5.74, 6) is -3.61. The molecule has 0 fully saturated rings. The molecule has 0 bridgehead atoms. The third-order valence-corrected chi connectivity index (χ3v) is 9.10. The molecule has 0 spiro atoms. The molecule has 18 heteroatoms. The predicted molar refractivity (Wildman–Crippen MR) is 234 cm³/mol. The van der Waals surface area contributed by atoms with Gasteiger partial charge in [0.1, 0.15) is 49.4 Å². The van der Waals surface area contributed by atoms with Crippen molar-refractivity contribution in [1.82, 2.24) is 4.98 Å². The number of rotatable bonds is 23. The standard InChI is InChI=1S/C46H39N3O14S/c1-5-40(50)58-27-35(60-42(52)7-3)25-56-32-17-13-29(14-18-32)44(54)62-34-21-22-38(31(23-34)24-47-49-46-48-37-11-9-10-12-39(37)64-46)63-45(55)30-15-19-33(20-16-30)57-26-36(61-43(53)8-4)28-59-41(51)6-2/h5-24,35-36H,1-4,25-28H2,(H,48,49)/b47-24+. The number of aromatic nitrogens is 1. The molecule has 4 aromatic carbocycles. The van der Waals surface area contributed by atoms with Crippen LogP contribution in [-0.4, -0.2) is 85.6 Å². The number of hydrogen-bond acceptors (Lipinski definition) is 18. The Bertz CT molecular complexity index is 2520. The smallest absolute Gasteiger partial charge is 0.343 e. The van der Waals surface area contributed by atoms with Gasteiger partial charge in [-0.05, 0) is 78.9 Å². The predicted octanol–water partition coefficient (Wildman–Crippen LogP) is 6.59. The lowest BCUT2D eigenvalue weighted by Gasteiger charge is -2.17. The number of hydrazone groups is 1. The molecule has 0 radical (unpaired) electrons. The van der Waals surface area contributed by atoms with Crippen LogP contribution in [0.2, 0.25) is 0 Å². The second-order valence-electron chi connectivity index (χ2n) is 12.7. The van der Waals surface area contributed by atoms with Crippen LogP contribution in [0.25, 0.3) is 10.2 Å². The summed E-state index contributed by atoms with van der Waals surface area (Å²) in [5, 5.41) is 4.79. The Labute approximate surface area is 369 Å². The van der Waals surface area contributed by atoms with Crippen molar-refractivity contribution in [3.8, 4) is 23.0 Å². The van der Waals surface area contributed by atoms with Crippen molar-refractivity contribution in [3.05, 3.63) is 158 Å². The molecule has 0 saturated heterocycles. The van der Waals surface area contributed by atoms with Gasteiger partial charge in [-0.1, -0.05) is 49.8 Å². The lowest BCUT2D eigenvalue weighted by Crippen LogP contribution is -2.30. The summed E-state index contributed by atoms with van der Waals surface area (Å²) in [6.07, 6.45) is 3.30. The molecule has 2 atom stereocenters. The number of benzene rings is 4. The summed E-state index contributed by atoms with van der Waals surface area (Å²) in [7, 11) is 0. The first-order chi connectivity index (χ1) is 31.0. The van der Waals surface area contributed by atoms with E-state index in [4.69, 9.17) is 37.9 Å². The summed E-state index contributed by atoms with van der Waals surface area (Å²) in [4.78, 5) is 77.6. The number of fused-ring (bicyclic) bond motifs is 1. The molecule has 1 aromatic heterocycles. The molecule has 0 aliphatic rings. The third kappa shape index (κ3) is 14.4. The molecular formula is C46H39N3O14S. The summed E-state index contributed by atoms with van der Waals surface area (Å²) in [6.45, 7) is 12.4. The molecule has 5 rings (SSSR count). The Morgan fingerprint density at radius 1 is 0.609 bits per heavy atom. The fourth-order valence-electron chi connectivity index (χ4n) is 5.06. The number of carbonyl (C=O) groups excluding carboxylic acids is 6. The average molecular weight is 890 g/mol. The topological polar surface area (TPSA) is 214 Å². The van der Waals surface area contributed by atoms with Crippen molar-refractivity contribution in [3.63, 3.8) is 0 Å². The SMILES string of the molecule is C=CC(=O)OCC(COc1ccc(C(=O)Oc2ccc(OC(=O)c3ccc(OCC(COC(=O)C=C)OC(=O)C=C)cc3)c(/C=N/Nc3nc4ccccc4s3)c2)cc1)OC(=O)C=C. The number of nitrogens with one attached hydrogen (secondary N) is 1. The number of nitrogens with zero attached hydrogens (tertiary/aromatic N) is 2. The van der Waals surface area contributed by atoms with E-state index in [1.54, 1.807) is 0 Å². The van der Waals surface area contributed by atoms with Crippen LogP contribution in [0.15, 0.2) is 147 Å². The fourth-order valence-corrected chi connectivity index (χ4v) is 5.88. The minimum atomic E-state index is -0.961. The monoisotopic (exact) mass is 889 g/mol. The van der Waals surface area contributed by atoms with Crippen LogP contribution in [0.1, 0.15) is 26.3 Å². The van der Waals surface area contributed by atoms with Gasteiger partial charge in [-0.15, -0.1) is 0 Å². The highest BCUT2D eigenvalue weighted by Gasteiger charge is 2.19. The van der Waals surface area contributed by atoms with Crippen molar-refractivity contribution >= 4 is 68.7 Å². The molecular weight excluding hydrogens is 851 g/mol. The van der Waals surface area contributed by atoms with Crippen LogP contribution in [0, 0.1) is 0 Å². The van der Waals surface area contributed by atoms with Crippen LogP contribution in [0.4, 0.5) is 5.13 Å². The first-order valence-corrected chi connectivity index (χ1v) is 19.7. The summed E-state index contributed by atoms with van der Waals surface area (Å²) in [6, 6.07) is 23.6. The lowest BCUT2D eigenvalue weighted by atomic mass is 10.2. The van der Waals surface area contributed by atoms with Crippen molar-refractivity contribution in [2.24, 2.45) is 5.10 Å². The molecule has 0 aliphatic heterocycles. The van der Waals surface area contributed by atoms with Gasteiger partial charge in [-0.2, -0.15) is 5.10 Å². The number of carbonyl (C=O) groups is 6. The molecule has 328 valence electrons. The molecule has 0 amide bonds. The minimum absolute atomic E-state index is 0.0683. The molecule has 0 saturated carbocycles. The molecule has 2 unspecified atom stereocenters. The van der Waals surface area contributed by atoms with Crippen molar-refractivity contribution in [2.45, 2.75) is 12.2 Å². The zero-order chi connectivity index (χ0) is 45.8. The van der Waals surface area contributed by atoms with Crippen LogP contribution in [-0.2, 0) is 38.1 Å². The van der Waals surface area contributed by atoms with E-state index in [-0.39, 0.29) is 54.6 Å². The van der Waals surface area contributed by atoms with E-state index in [2.05, 4.69) is 41.8 Å². The highest BCUT2D eigenvalue weighted by atomic mass is 32.1. The first-order valence-electron chi connectivity index (χ1n) is 18.9. The second kappa shape index (κ2) is 23.6. The van der Waals surface area contributed by atoms with Gasteiger partial charge in [0, 0.05) is 29.9 Å². The summed E-state index contributed by atoms with van der Waals surface area (Å²) >= 11 is 1.38. The van der Waals surface area contributed by atoms with Gasteiger partial charge in [0.25, 0.3) is 0 Å². The van der Waals surface area contributed by atoms with Gasteiger partial charge in [-0.25, -0.2) is 33.8 Å². The van der Waals surface area contributed by atoms with Gasteiger partial charge >= 0.3 is 35.8 Å². The summed E-state index contributed by atoms with van der Waals surface area (Å²) in [5.41, 5.74) is 4.20. The van der Waals surface area contributed by atoms with Gasteiger partial charge < -0.3 is 37.9 Å². The van der Waals surface area contributed by atoms with Crippen LogP contribution >= 0.6 is 11.3 Å². The number of esters is 6. The van der Waals surface area contributed by atoms with E-state index in [9.17, 15) is 28.8 Å². The zero-order valence-corrected chi connectivity index (χ0v) is 34.7. The maximum absolute atomic E-state index is 13.4. The van der Waals surface area contributed by atoms with Crippen molar-refractivity contribution < 1.29 is 66.7 Å². The van der Waals surface area contributed by atoms with E-state index in [1.165, 1.54) is 84.3 Å². The normalized spacial score (nSPS) is 11.5. The second-order valence-corrected chi connectivity index (χ2v) is 13.7. The van der Waals surface area contributed by atoms with Crippen LogP contribution in [0.5, 0.6) is 23.0 Å². The number of thiazole rings is 1. The minimum Gasteiger partial charge on any atom is -0.490 e. The number of para-hydroxylation sites is 1. The van der Waals surface area contributed by atoms with Gasteiger partial charge in [0.05, 0.1) is 27.6 Å². The Morgan fingerprint density at radius 2 is 1.11 bits per heavy atom. The largest absolute Gasteiger partial charge is 0.490 e. The maximum atomic E-state index is 13.4. The molecule has 64 heavy (non-hydrogen) atoms. The first kappa shape index (κ1) is 46.7. The quantitative estimate of drug-likeness (QED) is 0.0183. The lowest BCUT2D eigenvalue weighted by molar-refractivity contribution is -0.154. The Hall–Kier alpha value is -8.38. The highest BCUT2D eigenvalue weighted by Crippen LogP contribution is 2.28. The zero-order valence-electron chi connectivity index (χ0n) is 33.9. The van der Waals surface area contributed by atoms with E-state index >= 15 is 0 Å². The maximum Gasteiger partial charge on any atom is 0.343 e. The van der Waals surface area contributed by atoms with E-state index in [0.717, 1.165) is 34.5 Å². The molecule has 0 aliphatic carbocycles. The highest BCUT2D eigenvalue weighted by molar-refractivity contribution is 7.22. The van der Waals surface area contributed by atoms with Gasteiger partial charge in [0.15, 0.2) is 12.2 Å². The molecule has 5 aromatic rings. The van der Waals surface area contributed by atoms with E-state index in [1.807, 2.05) is 24.3 Å². The molecule has 1 heterocycles. The number of ether oxygens (including phenoxy) is 8. The van der Waals surface area contributed by atoms with Crippen LogP contribution in [0.3, 0.4) is 0 Å². The fraction of sp³-hybridized carbons (Fsp3) is 0.130. The van der Waals surface area contributed by atoms with E-state index in [0.29, 0.717) is 16.6 Å². The number of anilines is 1. The van der Waals surface area contributed by atoms with Gasteiger partial charge in [0.2, 0.25) is 5.13 Å². The van der Waals surface area contributed by atoms with Crippen LogP contribution < -0.4 is 24.4 Å². The summed E-state index contributed by atoms with van der Waals surface area (Å²) < 4.78 is 44.0. The third-order valence-electron chi connectivity index (χ3n) is 8.16. The van der Waals surface area contributed by atoms with Crippen molar-refractivity contribution in [1.29, 1.82) is 0 Å².